The normalized spacial score (nSPS) is 30.0. The van der Waals surface area contributed by atoms with Crippen molar-refractivity contribution in [2.24, 2.45) is 5.92 Å². The number of carbonyl (C=O) groups is 1. The fourth-order valence-electron chi connectivity index (χ4n) is 1.87. The van der Waals surface area contributed by atoms with Crippen molar-refractivity contribution in [3.8, 4) is 0 Å². The van der Waals surface area contributed by atoms with E-state index in [1.165, 1.54) is 0 Å². The van der Waals surface area contributed by atoms with Gasteiger partial charge in [0.2, 0.25) is 0 Å². The zero-order valence-corrected chi connectivity index (χ0v) is 9.41. The van der Waals surface area contributed by atoms with Gasteiger partial charge in [0, 0.05) is 9.89 Å². The van der Waals surface area contributed by atoms with Crippen molar-refractivity contribution in [1.29, 1.82) is 0 Å². The monoisotopic (exact) mass is 254 g/mol. The van der Waals surface area contributed by atoms with E-state index >= 15 is 0 Å². The van der Waals surface area contributed by atoms with Gasteiger partial charge in [-0.2, -0.15) is 0 Å². The predicted octanol–water partition coefficient (Wildman–Crippen LogP) is 2.81. The maximum Gasteiger partial charge on any atom is 0.307 e. The van der Waals surface area contributed by atoms with Crippen LogP contribution in [0.15, 0.2) is 28.7 Å². The van der Waals surface area contributed by atoms with Crippen molar-refractivity contribution in [3.05, 3.63) is 34.3 Å². The van der Waals surface area contributed by atoms with Crippen molar-refractivity contribution in [2.45, 2.75) is 18.8 Å². The Morgan fingerprint density at radius 3 is 2.50 bits per heavy atom. The molecule has 1 aliphatic carbocycles. The lowest BCUT2D eigenvalue weighted by Crippen LogP contribution is -2.10. The molecule has 3 heteroatoms. The van der Waals surface area contributed by atoms with Crippen LogP contribution < -0.4 is 0 Å². The Bertz CT molecular complexity index is 371. The van der Waals surface area contributed by atoms with Crippen LogP contribution in [0.4, 0.5) is 0 Å². The quantitative estimate of drug-likeness (QED) is 0.882. The van der Waals surface area contributed by atoms with Crippen LogP contribution >= 0.6 is 15.9 Å². The number of benzene rings is 1. The molecule has 0 amide bonds. The molecule has 2 nitrogen and oxygen atoms in total. The van der Waals surface area contributed by atoms with Gasteiger partial charge in [-0.1, -0.05) is 35.0 Å². The number of aliphatic carboxylic acids is 1. The van der Waals surface area contributed by atoms with Crippen LogP contribution in [0, 0.1) is 5.92 Å². The average molecular weight is 255 g/mol. The number of carboxylic acid groups (broad SMARTS) is 1. The molecule has 0 bridgehead atoms. The lowest BCUT2D eigenvalue weighted by atomic mass is 9.96. The number of hydrogen-bond donors (Lipinski definition) is 1. The predicted molar refractivity (Wildman–Crippen MR) is 57.2 cm³/mol. The summed E-state index contributed by atoms with van der Waals surface area (Å²) in [4.78, 5) is 10.8. The van der Waals surface area contributed by atoms with Crippen molar-refractivity contribution >= 4 is 21.9 Å². The molecule has 14 heavy (non-hydrogen) atoms. The van der Waals surface area contributed by atoms with E-state index in [4.69, 9.17) is 5.11 Å². The van der Waals surface area contributed by atoms with Crippen molar-refractivity contribution in [1.82, 2.24) is 0 Å². The van der Waals surface area contributed by atoms with E-state index in [0.29, 0.717) is 0 Å². The molecule has 1 aromatic rings. The van der Waals surface area contributed by atoms with Gasteiger partial charge in [0.25, 0.3) is 0 Å². The van der Waals surface area contributed by atoms with Crippen molar-refractivity contribution in [3.63, 3.8) is 0 Å². The topological polar surface area (TPSA) is 37.3 Å². The molecule has 0 aromatic heterocycles. The minimum absolute atomic E-state index is 0.146. The van der Waals surface area contributed by atoms with Crippen LogP contribution in [0.3, 0.4) is 0 Å². The van der Waals surface area contributed by atoms with Crippen molar-refractivity contribution in [2.75, 3.05) is 0 Å². The molecule has 1 N–H and O–H groups in total. The minimum Gasteiger partial charge on any atom is -0.481 e. The van der Waals surface area contributed by atoms with E-state index in [0.717, 1.165) is 16.5 Å². The fourth-order valence-corrected chi connectivity index (χ4v) is 2.14. The van der Waals surface area contributed by atoms with Gasteiger partial charge >= 0.3 is 5.97 Å². The Morgan fingerprint density at radius 1 is 1.50 bits per heavy atom. The highest BCUT2D eigenvalue weighted by Gasteiger charge is 2.55. The summed E-state index contributed by atoms with van der Waals surface area (Å²) in [5.41, 5.74) is 0.972. The Morgan fingerprint density at radius 2 is 2.07 bits per heavy atom. The molecular formula is C11H11BrO2. The third-order valence-corrected chi connectivity index (χ3v) is 3.57. The molecule has 0 spiro atoms. The van der Waals surface area contributed by atoms with Gasteiger partial charge in [-0.15, -0.1) is 0 Å². The molecule has 0 saturated heterocycles. The van der Waals surface area contributed by atoms with Crippen molar-refractivity contribution < 1.29 is 9.90 Å². The van der Waals surface area contributed by atoms with Crippen LogP contribution in [0.1, 0.15) is 18.9 Å². The second-order valence-electron chi connectivity index (χ2n) is 4.02. The second-order valence-corrected chi connectivity index (χ2v) is 4.93. The van der Waals surface area contributed by atoms with Crippen LogP contribution in [-0.4, -0.2) is 11.1 Å². The zero-order chi connectivity index (χ0) is 10.3. The molecule has 1 saturated carbocycles. The summed E-state index contributed by atoms with van der Waals surface area (Å²) in [5, 5.41) is 8.90. The summed E-state index contributed by atoms with van der Waals surface area (Å²) in [6, 6.07) is 7.90. The number of hydrogen-bond acceptors (Lipinski definition) is 1. The molecular weight excluding hydrogens is 244 g/mol. The van der Waals surface area contributed by atoms with Crippen LogP contribution in [0.2, 0.25) is 0 Å². The minimum atomic E-state index is -0.685. The summed E-state index contributed by atoms with van der Waals surface area (Å²) >= 11 is 3.36. The Kier molecular flexibility index (Phi) is 2.14. The van der Waals surface area contributed by atoms with Crippen LogP contribution in [-0.2, 0) is 10.2 Å². The first-order chi connectivity index (χ1) is 6.54. The lowest BCUT2D eigenvalue weighted by Gasteiger charge is -2.09. The first-order valence-electron chi connectivity index (χ1n) is 4.53. The maximum atomic E-state index is 10.8. The fraction of sp³-hybridized carbons (Fsp3) is 0.364. The summed E-state index contributed by atoms with van der Waals surface area (Å²) in [7, 11) is 0. The van der Waals surface area contributed by atoms with Gasteiger partial charge in [-0.3, -0.25) is 4.79 Å². The molecule has 1 fully saturated rings. The van der Waals surface area contributed by atoms with E-state index in [1.54, 1.807) is 0 Å². The summed E-state index contributed by atoms with van der Waals surface area (Å²) in [6.45, 7) is 2.01. The SMILES string of the molecule is C[C@]1(c2ccc(Br)cc2)C[C@@H]1C(=O)O. The highest BCUT2D eigenvalue weighted by Crippen LogP contribution is 2.54. The molecule has 0 aliphatic heterocycles. The molecule has 0 radical (unpaired) electrons. The van der Waals surface area contributed by atoms with E-state index < -0.39 is 5.97 Å². The average Bonchev–Trinajstić information content (AvgIpc) is 2.80. The van der Waals surface area contributed by atoms with Gasteiger partial charge < -0.3 is 5.11 Å². The lowest BCUT2D eigenvalue weighted by molar-refractivity contribution is -0.138. The van der Waals surface area contributed by atoms with Gasteiger partial charge in [-0.05, 0) is 24.1 Å². The smallest absolute Gasteiger partial charge is 0.307 e. The highest BCUT2D eigenvalue weighted by atomic mass is 79.9. The van der Waals surface area contributed by atoms with Crippen LogP contribution in [0.25, 0.3) is 0 Å². The van der Waals surface area contributed by atoms with Gasteiger partial charge in [0.1, 0.15) is 0 Å². The van der Waals surface area contributed by atoms with E-state index in [9.17, 15) is 4.79 Å². The van der Waals surface area contributed by atoms with Gasteiger partial charge in [-0.25, -0.2) is 0 Å². The van der Waals surface area contributed by atoms with E-state index in [-0.39, 0.29) is 11.3 Å². The van der Waals surface area contributed by atoms with Crippen LogP contribution in [0.5, 0.6) is 0 Å². The first-order valence-corrected chi connectivity index (χ1v) is 5.32. The molecule has 1 aromatic carbocycles. The van der Waals surface area contributed by atoms with Gasteiger partial charge in [0.15, 0.2) is 0 Å². The standard InChI is InChI=1S/C11H11BrO2/c1-11(6-9(11)10(13)14)7-2-4-8(12)5-3-7/h2-5,9H,6H2,1H3,(H,13,14)/t9-,11-/m1/s1. The summed E-state index contributed by atoms with van der Waals surface area (Å²) in [6.07, 6.45) is 0.754. The number of carboxylic acids is 1. The zero-order valence-electron chi connectivity index (χ0n) is 7.83. The van der Waals surface area contributed by atoms with Gasteiger partial charge in [0.05, 0.1) is 5.92 Å². The molecule has 2 atom stereocenters. The maximum absolute atomic E-state index is 10.8. The second kappa shape index (κ2) is 3.09. The number of rotatable bonds is 2. The molecule has 0 heterocycles. The summed E-state index contributed by atoms with van der Waals surface area (Å²) < 4.78 is 1.03. The third kappa shape index (κ3) is 1.46. The third-order valence-electron chi connectivity index (χ3n) is 3.04. The largest absolute Gasteiger partial charge is 0.481 e. The highest BCUT2D eigenvalue weighted by molar-refractivity contribution is 9.10. The molecule has 74 valence electrons. The molecule has 1 aliphatic rings. The Hall–Kier alpha value is -0.830. The first kappa shape index (κ1) is 9.71. The number of halogens is 1. The van der Waals surface area contributed by atoms with E-state index in [2.05, 4.69) is 15.9 Å². The Balaban J connectivity index is 2.25. The summed E-state index contributed by atoms with van der Waals surface area (Å²) in [5.74, 6) is -0.890. The molecule has 2 rings (SSSR count). The Labute approximate surface area is 91.1 Å². The molecule has 0 unspecified atom stereocenters. The van der Waals surface area contributed by atoms with E-state index in [1.807, 2.05) is 31.2 Å².